The SMILES string of the molecule is Cc1cc(Oc2c(C)cccc2CN)n[nH]1. The molecule has 3 N–H and O–H groups in total. The first kappa shape index (κ1) is 10.7. The van der Waals surface area contributed by atoms with Crippen LogP contribution in [0.25, 0.3) is 0 Å². The number of nitrogens with zero attached hydrogens (tertiary/aromatic N) is 1. The Hall–Kier alpha value is -1.81. The van der Waals surface area contributed by atoms with E-state index in [0.717, 1.165) is 22.6 Å². The van der Waals surface area contributed by atoms with E-state index in [0.29, 0.717) is 12.4 Å². The predicted octanol–water partition coefficient (Wildman–Crippen LogP) is 2.28. The lowest BCUT2D eigenvalue weighted by atomic mass is 10.1. The van der Waals surface area contributed by atoms with Crippen LogP contribution in [0.3, 0.4) is 0 Å². The number of benzene rings is 1. The van der Waals surface area contributed by atoms with Crippen LogP contribution in [0.1, 0.15) is 16.8 Å². The van der Waals surface area contributed by atoms with Crippen LogP contribution in [-0.4, -0.2) is 10.2 Å². The highest BCUT2D eigenvalue weighted by atomic mass is 16.5. The van der Waals surface area contributed by atoms with Crippen LogP contribution in [0.15, 0.2) is 24.3 Å². The average Bonchev–Trinajstić information content (AvgIpc) is 2.67. The zero-order valence-electron chi connectivity index (χ0n) is 9.45. The molecule has 0 atom stereocenters. The number of hydrogen-bond acceptors (Lipinski definition) is 3. The van der Waals surface area contributed by atoms with E-state index < -0.39 is 0 Å². The standard InChI is InChI=1S/C12H15N3O/c1-8-4-3-5-10(7-13)12(8)16-11-6-9(2)14-15-11/h3-6H,7,13H2,1-2H3,(H,14,15). The van der Waals surface area contributed by atoms with Crippen molar-refractivity contribution in [3.8, 4) is 11.6 Å². The lowest BCUT2D eigenvalue weighted by molar-refractivity contribution is 0.452. The summed E-state index contributed by atoms with van der Waals surface area (Å²) in [6, 6.07) is 7.78. The van der Waals surface area contributed by atoms with Crippen LogP contribution in [0.5, 0.6) is 11.6 Å². The van der Waals surface area contributed by atoms with E-state index in [2.05, 4.69) is 10.2 Å². The van der Waals surface area contributed by atoms with Gasteiger partial charge in [0.05, 0.1) is 0 Å². The highest BCUT2D eigenvalue weighted by Gasteiger charge is 2.08. The molecule has 2 aromatic rings. The second-order valence-corrected chi connectivity index (χ2v) is 3.76. The van der Waals surface area contributed by atoms with Gasteiger partial charge in [0, 0.05) is 23.9 Å². The van der Waals surface area contributed by atoms with Crippen molar-refractivity contribution in [2.45, 2.75) is 20.4 Å². The second-order valence-electron chi connectivity index (χ2n) is 3.76. The maximum atomic E-state index is 5.73. The molecular formula is C12H15N3O. The van der Waals surface area contributed by atoms with Crippen LogP contribution < -0.4 is 10.5 Å². The van der Waals surface area contributed by atoms with Gasteiger partial charge in [-0.25, -0.2) is 0 Å². The molecule has 0 saturated carbocycles. The molecule has 0 aliphatic heterocycles. The number of aromatic nitrogens is 2. The van der Waals surface area contributed by atoms with E-state index in [1.807, 2.05) is 38.1 Å². The summed E-state index contributed by atoms with van der Waals surface area (Å²) in [4.78, 5) is 0. The summed E-state index contributed by atoms with van der Waals surface area (Å²) in [7, 11) is 0. The van der Waals surface area contributed by atoms with Crippen molar-refractivity contribution in [3.05, 3.63) is 41.1 Å². The van der Waals surface area contributed by atoms with E-state index in [9.17, 15) is 0 Å². The van der Waals surface area contributed by atoms with Crippen LogP contribution in [0.2, 0.25) is 0 Å². The molecule has 0 fully saturated rings. The zero-order valence-corrected chi connectivity index (χ0v) is 9.45. The van der Waals surface area contributed by atoms with Crippen molar-refractivity contribution < 1.29 is 4.74 Å². The highest BCUT2D eigenvalue weighted by Crippen LogP contribution is 2.27. The molecule has 4 heteroatoms. The first-order chi connectivity index (χ1) is 7.70. The van der Waals surface area contributed by atoms with E-state index in [4.69, 9.17) is 10.5 Å². The fourth-order valence-electron chi connectivity index (χ4n) is 1.57. The van der Waals surface area contributed by atoms with Gasteiger partial charge in [0.25, 0.3) is 0 Å². The summed E-state index contributed by atoms with van der Waals surface area (Å²) in [5.74, 6) is 1.37. The number of rotatable bonds is 3. The Bertz CT molecular complexity index is 491. The molecule has 0 aliphatic carbocycles. The molecule has 0 aliphatic rings. The van der Waals surface area contributed by atoms with Gasteiger partial charge in [-0.1, -0.05) is 18.2 Å². The fraction of sp³-hybridized carbons (Fsp3) is 0.250. The molecule has 2 rings (SSSR count). The van der Waals surface area contributed by atoms with Gasteiger partial charge in [-0.05, 0) is 19.4 Å². The van der Waals surface area contributed by atoms with Crippen molar-refractivity contribution in [3.63, 3.8) is 0 Å². The molecule has 84 valence electrons. The van der Waals surface area contributed by atoms with E-state index in [1.165, 1.54) is 0 Å². The second kappa shape index (κ2) is 4.37. The van der Waals surface area contributed by atoms with Gasteiger partial charge in [-0.2, -0.15) is 0 Å². The summed E-state index contributed by atoms with van der Waals surface area (Å²) in [5, 5.41) is 6.88. The first-order valence-corrected chi connectivity index (χ1v) is 5.19. The molecule has 0 bridgehead atoms. The van der Waals surface area contributed by atoms with Crippen LogP contribution >= 0.6 is 0 Å². The molecule has 0 radical (unpaired) electrons. The largest absolute Gasteiger partial charge is 0.437 e. The smallest absolute Gasteiger partial charge is 0.238 e. The predicted molar refractivity (Wildman–Crippen MR) is 62.5 cm³/mol. The maximum absolute atomic E-state index is 5.73. The molecule has 0 unspecified atom stereocenters. The molecule has 1 aromatic heterocycles. The Morgan fingerprint density at radius 1 is 1.38 bits per heavy atom. The van der Waals surface area contributed by atoms with E-state index in [-0.39, 0.29) is 0 Å². The Morgan fingerprint density at radius 2 is 2.19 bits per heavy atom. The van der Waals surface area contributed by atoms with Gasteiger partial charge in [0.2, 0.25) is 5.88 Å². The molecule has 0 saturated heterocycles. The summed E-state index contributed by atoms with van der Waals surface area (Å²) in [6.07, 6.45) is 0. The van der Waals surface area contributed by atoms with Gasteiger partial charge < -0.3 is 10.5 Å². The maximum Gasteiger partial charge on any atom is 0.238 e. The molecule has 0 amide bonds. The molecular weight excluding hydrogens is 202 g/mol. The summed E-state index contributed by atoms with van der Waals surface area (Å²) in [5.41, 5.74) is 8.69. The van der Waals surface area contributed by atoms with Crippen LogP contribution in [0.4, 0.5) is 0 Å². The Labute approximate surface area is 94.4 Å². The fourth-order valence-corrected chi connectivity index (χ4v) is 1.57. The minimum Gasteiger partial charge on any atom is -0.437 e. The normalized spacial score (nSPS) is 10.4. The van der Waals surface area contributed by atoms with Crippen molar-refractivity contribution in [1.29, 1.82) is 0 Å². The molecule has 16 heavy (non-hydrogen) atoms. The van der Waals surface area contributed by atoms with E-state index in [1.54, 1.807) is 0 Å². The third-order valence-electron chi connectivity index (χ3n) is 2.40. The number of nitrogens with two attached hydrogens (primary N) is 1. The van der Waals surface area contributed by atoms with Gasteiger partial charge in [-0.15, -0.1) is 5.10 Å². The molecule has 4 nitrogen and oxygen atoms in total. The van der Waals surface area contributed by atoms with Crippen LogP contribution in [-0.2, 0) is 6.54 Å². The van der Waals surface area contributed by atoms with E-state index >= 15 is 0 Å². The van der Waals surface area contributed by atoms with Gasteiger partial charge in [-0.3, -0.25) is 5.10 Å². The summed E-state index contributed by atoms with van der Waals surface area (Å²) >= 11 is 0. The first-order valence-electron chi connectivity index (χ1n) is 5.19. The Morgan fingerprint density at radius 3 is 2.81 bits per heavy atom. The number of nitrogens with one attached hydrogen (secondary N) is 1. The van der Waals surface area contributed by atoms with Gasteiger partial charge in [0.15, 0.2) is 0 Å². The zero-order chi connectivity index (χ0) is 11.5. The summed E-state index contributed by atoms with van der Waals surface area (Å²) < 4.78 is 5.73. The number of ether oxygens (including phenoxy) is 1. The number of para-hydroxylation sites is 1. The summed E-state index contributed by atoms with van der Waals surface area (Å²) in [6.45, 7) is 4.38. The van der Waals surface area contributed by atoms with Crippen molar-refractivity contribution >= 4 is 0 Å². The highest BCUT2D eigenvalue weighted by molar-refractivity contribution is 5.42. The minimum atomic E-state index is 0.459. The third kappa shape index (κ3) is 2.06. The number of aromatic amines is 1. The molecule has 0 spiro atoms. The lowest BCUT2D eigenvalue weighted by Crippen LogP contribution is -2.00. The van der Waals surface area contributed by atoms with Crippen molar-refractivity contribution in [1.82, 2.24) is 10.2 Å². The molecule has 1 heterocycles. The monoisotopic (exact) mass is 217 g/mol. The Kier molecular flexibility index (Phi) is 2.92. The Balaban J connectivity index is 2.33. The van der Waals surface area contributed by atoms with Crippen molar-refractivity contribution in [2.24, 2.45) is 5.73 Å². The van der Waals surface area contributed by atoms with Crippen molar-refractivity contribution in [2.75, 3.05) is 0 Å². The quantitative estimate of drug-likeness (QED) is 0.829. The number of aryl methyl sites for hydroxylation is 2. The number of H-pyrrole nitrogens is 1. The lowest BCUT2D eigenvalue weighted by Gasteiger charge is -2.10. The van der Waals surface area contributed by atoms with Gasteiger partial charge in [0.1, 0.15) is 5.75 Å². The number of hydrogen-bond donors (Lipinski definition) is 2. The van der Waals surface area contributed by atoms with Gasteiger partial charge >= 0.3 is 0 Å². The topological polar surface area (TPSA) is 63.9 Å². The third-order valence-corrected chi connectivity index (χ3v) is 2.40. The average molecular weight is 217 g/mol. The minimum absolute atomic E-state index is 0.459. The molecule has 1 aromatic carbocycles. The van der Waals surface area contributed by atoms with Crippen LogP contribution in [0, 0.1) is 13.8 Å².